The van der Waals surface area contributed by atoms with Crippen molar-refractivity contribution < 1.29 is 9.64 Å². The maximum absolute atomic E-state index is 5.75. The van der Waals surface area contributed by atoms with Crippen LogP contribution in [0.15, 0.2) is 61.2 Å². The fraction of sp³-hybridized carbons (Fsp3) is 0.273. The van der Waals surface area contributed by atoms with Crippen molar-refractivity contribution in [3.63, 3.8) is 0 Å². The second-order valence-corrected chi connectivity index (χ2v) is 7.45. The van der Waals surface area contributed by atoms with E-state index in [9.17, 15) is 0 Å². The van der Waals surface area contributed by atoms with E-state index in [4.69, 9.17) is 22.1 Å². The summed E-state index contributed by atoms with van der Waals surface area (Å²) in [5, 5.41) is 4.87. The van der Waals surface area contributed by atoms with Gasteiger partial charge in [-0.25, -0.2) is 0 Å². The Morgan fingerprint density at radius 2 is 1.93 bits per heavy atom. The number of nitrogens with one attached hydrogen (secondary N) is 1. The molecule has 1 aliphatic heterocycles. The zero-order valence-corrected chi connectivity index (χ0v) is 16.9. The third-order valence-electron chi connectivity index (χ3n) is 5.26. The number of rotatable bonds is 6. The summed E-state index contributed by atoms with van der Waals surface area (Å²) in [7, 11) is 1.67. The van der Waals surface area contributed by atoms with E-state index >= 15 is 0 Å². The molecule has 3 aromatic rings. The van der Waals surface area contributed by atoms with Gasteiger partial charge in [-0.3, -0.25) is 4.57 Å². The van der Waals surface area contributed by atoms with Crippen LogP contribution in [0.2, 0.25) is 0 Å². The van der Waals surface area contributed by atoms with Gasteiger partial charge >= 0.3 is 0 Å². The van der Waals surface area contributed by atoms with Gasteiger partial charge in [-0.15, -0.1) is 11.7 Å². The Morgan fingerprint density at radius 3 is 2.64 bits per heavy atom. The highest BCUT2D eigenvalue weighted by molar-refractivity contribution is 7.71. The quantitative estimate of drug-likeness (QED) is 0.517. The maximum atomic E-state index is 5.75. The molecule has 5 nitrogen and oxygen atoms in total. The van der Waals surface area contributed by atoms with Crippen molar-refractivity contribution in [1.29, 1.82) is 0 Å². The highest BCUT2D eigenvalue weighted by atomic mass is 32.1. The minimum Gasteiger partial charge on any atom is -0.497 e. The van der Waals surface area contributed by atoms with E-state index in [1.807, 2.05) is 39.6 Å². The lowest BCUT2D eigenvalue weighted by molar-refractivity contribution is -0.939. The fourth-order valence-corrected chi connectivity index (χ4v) is 4.05. The number of fused-ring (bicyclic) bond motifs is 1. The summed E-state index contributed by atoms with van der Waals surface area (Å²) in [6.45, 7) is 7.37. The van der Waals surface area contributed by atoms with Crippen LogP contribution < -0.4 is 9.64 Å². The minimum atomic E-state index is 0.637. The van der Waals surface area contributed by atoms with Crippen LogP contribution in [0.1, 0.15) is 11.1 Å². The van der Waals surface area contributed by atoms with Crippen molar-refractivity contribution in [3.05, 3.63) is 77.1 Å². The van der Waals surface area contributed by atoms with E-state index in [2.05, 4.69) is 30.8 Å². The first-order chi connectivity index (χ1) is 13.7. The first kappa shape index (κ1) is 18.7. The van der Waals surface area contributed by atoms with Crippen LogP contribution >= 0.6 is 12.2 Å². The minimum absolute atomic E-state index is 0.637. The standard InChI is InChI=1S/C22H24N4OS/c1-3-13-25-21(18-8-10-20(27-2)11-9-18)23-26(22(25)28)16-24-14-12-17-6-4-5-7-19(17)15-24/h3-11H,1,12-16H2,2H3/p+1. The largest absolute Gasteiger partial charge is 0.497 e. The van der Waals surface area contributed by atoms with Crippen LogP contribution in [0.5, 0.6) is 5.75 Å². The molecular weight excluding hydrogens is 368 g/mol. The third-order valence-corrected chi connectivity index (χ3v) is 5.69. The fourth-order valence-electron chi connectivity index (χ4n) is 3.78. The second kappa shape index (κ2) is 8.12. The average molecular weight is 394 g/mol. The third kappa shape index (κ3) is 3.66. The zero-order valence-electron chi connectivity index (χ0n) is 16.1. The molecule has 1 N–H and O–H groups in total. The number of allylic oxidation sites excluding steroid dienone is 1. The number of nitrogens with zero attached hydrogens (tertiary/aromatic N) is 3. The van der Waals surface area contributed by atoms with Gasteiger partial charge in [-0.2, -0.15) is 4.68 Å². The van der Waals surface area contributed by atoms with Gasteiger partial charge in [0, 0.05) is 24.1 Å². The monoisotopic (exact) mass is 393 g/mol. The normalized spacial score (nSPS) is 15.8. The highest BCUT2D eigenvalue weighted by Gasteiger charge is 2.21. The van der Waals surface area contributed by atoms with Gasteiger partial charge in [0.25, 0.3) is 0 Å². The van der Waals surface area contributed by atoms with Gasteiger partial charge in [-0.05, 0) is 42.0 Å². The molecule has 0 spiro atoms. The Hall–Kier alpha value is -2.70. The Kier molecular flexibility index (Phi) is 5.41. The van der Waals surface area contributed by atoms with Crippen molar-refractivity contribution in [2.75, 3.05) is 13.7 Å². The summed E-state index contributed by atoms with van der Waals surface area (Å²) in [5.74, 6) is 1.69. The topological polar surface area (TPSA) is 36.4 Å². The molecule has 0 saturated carbocycles. The van der Waals surface area contributed by atoms with E-state index in [-0.39, 0.29) is 0 Å². The highest BCUT2D eigenvalue weighted by Crippen LogP contribution is 2.21. The molecule has 0 amide bonds. The van der Waals surface area contributed by atoms with Crippen LogP contribution in [0.3, 0.4) is 0 Å². The lowest BCUT2D eigenvalue weighted by Gasteiger charge is -2.25. The molecule has 144 valence electrons. The van der Waals surface area contributed by atoms with E-state index in [0.29, 0.717) is 6.54 Å². The molecule has 0 bridgehead atoms. The van der Waals surface area contributed by atoms with E-state index < -0.39 is 0 Å². The maximum Gasteiger partial charge on any atom is 0.203 e. The second-order valence-electron chi connectivity index (χ2n) is 7.09. The molecule has 0 radical (unpaired) electrons. The first-order valence-corrected chi connectivity index (χ1v) is 9.93. The number of aromatic nitrogens is 3. The van der Waals surface area contributed by atoms with Crippen molar-refractivity contribution in [2.24, 2.45) is 0 Å². The Morgan fingerprint density at radius 1 is 1.18 bits per heavy atom. The zero-order chi connectivity index (χ0) is 19.5. The summed E-state index contributed by atoms with van der Waals surface area (Å²) in [4.78, 5) is 1.47. The molecule has 0 saturated heterocycles. The number of methoxy groups -OCH3 is 1. The van der Waals surface area contributed by atoms with E-state index in [1.54, 1.807) is 7.11 Å². The van der Waals surface area contributed by atoms with Crippen LogP contribution in [-0.4, -0.2) is 28.0 Å². The SMILES string of the molecule is C=CCn1c(-c2ccc(OC)cc2)nn(C[NH+]2CCc3ccccc3C2)c1=S. The number of hydrogen-bond donors (Lipinski definition) is 1. The van der Waals surface area contributed by atoms with Gasteiger partial charge in [0.2, 0.25) is 4.77 Å². The van der Waals surface area contributed by atoms with E-state index in [0.717, 1.165) is 48.1 Å². The summed E-state index contributed by atoms with van der Waals surface area (Å²) >= 11 is 5.75. The van der Waals surface area contributed by atoms with Crippen molar-refractivity contribution in [2.45, 2.75) is 26.2 Å². The summed E-state index contributed by atoms with van der Waals surface area (Å²) < 4.78 is 10.0. The number of quaternary nitrogens is 1. The van der Waals surface area contributed by atoms with Gasteiger partial charge in [0.1, 0.15) is 12.3 Å². The molecule has 2 heterocycles. The molecule has 6 heteroatoms. The number of ether oxygens (including phenoxy) is 1. The molecule has 1 unspecified atom stereocenters. The molecule has 0 aliphatic carbocycles. The summed E-state index contributed by atoms with van der Waals surface area (Å²) in [6, 6.07) is 16.6. The Labute approximate surface area is 170 Å². The lowest BCUT2D eigenvalue weighted by Crippen LogP contribution is -3.11. The summed E-state index contributed by atoms with van der Waals surface area (Å²) in [6.07, 6.45) is 2.95. The molecule has 4 rings (SSSR count). The molecule has 1 aromatic heterocycles. The molecule has 0 fully saturated rings. The van der Waals surface area contributed by atoms with Crippen LogP contribution in [0.25, 0.3) is 11.4 Å². The predicted octanol–water partition coefficient (Wildman–Crippen LogP) is 2.87. The summed E-state index contributed by atoms with van der Waals surface area (Å²) in [5.41, 5.74) is 3.91. The van der Waals surface area contributed by atoms with Gasteiger partial charge < -0.3 is 9.64 Å². The van der Waals surface area contributed by atoms with Crippen molar-refractivity contribution in [3.8, 4) is 17.1 Å². The molecular formula is C22H25N4OS+. The molecule has 28 heavy (non-hydrogen) atoms. The van der Waals surface area contributed by atoms with Crippen LogP contribution in [0.4, 0.5) is 0 Å². The van der Waals surface area contributed by atoms with Gasteiger partial charge in [-0.1, -0.05) is 30.3 Å². The van der Waals surface area contributed by atoms with Gasteiger partial charge in [0.15, 0.2) is 12.5 Å². The van der Waals surface area contributed by atoms with Crippen LogP contribution in [0, 0.1) is 4.77 Å². The van der Waals surface area contributed by atoms with Crippen molar-refractivity contribution >= 4 is 12.2 Å². The first-order valence-electron chi connectivity index (χ1n) is 9.53. The Bertz CT molecular complexity index is 1040. The molecule has 1 aliphatic rings. The Balaban J connectivity index is 1.63. The van der Waals surface area contributed by atoms with Crippen LogP contribution in [-0.2, 0) is 26.2 Å². The molecule has 1 atom stereocenters. The molecule has 2 aromatic carbocycles. The lowest BCUT2D eigenvalue weighted by atomic mass is 10.0. The predicted molar refractivity (Wildman–Crippen MR) is 113 cm³/mol. The van der Waals surface area contributed by atoms with Crippen molar-refractivity contribution in [1.82, 2.24) is 14.3 Å². The van der Waals surface area contributed by atoms with E-state index in [1.165, 1.54) is 16.0 Å². The smallest absolute Gasteiger partial charge is 0.203 e. The number of hydrogen-bond acceptors (Lipinski definition) is 3. The average Bonchev–Trinajstić information content (AvgIpc) is 3.04. The number of benzene rings is 2. The van der Waals surface area contributed by atoms with Gasteiger partial charge in [0.05, 0.1) is 13.7 Å².